The summed E-state index contributed by atoms with van der Waals surface area (Å²) < 4.78 is 0. The Morgan fingerprint density at radius 2 is 1.47 bits per heavy atom. The van der Waals surface area contributed by atoms with E-state index in [1.54, 1.807) is 6.29 Å². The Kier molecular flexibility index (Phi) is 20.5. The average Bonchev–Trinajstić information content (AvgIpc) is 2.37. The predicted molar refractivity (Wildman–Crippen MR) is 75.2 cm³/mol. The molecular formula is C15H28NNaO2. The van der Waals surface area contributed by atoms with E-state index in [2.05, 4.69) is 12.2 Å². The van der Waals surface area contributed by atoms with E-state index < -0.39 is 0 Å². The van der Waals surface area contributed by atoms with Crippen LogP contribution < -0.4 is 34.9 Å². The second-order valence-electron chi connectivity index (χ2n) is 4.82. The molecule has 0 aliphatic heterocycles. The summed E-state index contributed by atoms with van der Waals surface area (Å²) in [5.41, 5.74) is 0. The van der Waals surface area contributed by atoms with E-state index in [0.29, 0.717) is 19.4 Å². The number of rotatable bonds is 13. The van der Waals surface area contributed by atoms with Crippen LogP contribution in [0, 0.1) is 0 Å². The first-order chi connectivity index (χ1) is 8.81. The van der Waals surface area contributed by atoms with Crippen molar-refractivity contribution in [2.24, 2.45) is 0 Å². The molecular weight excluding hydrogens is 249 g/mol. The molecule has 0 aromatic heterocycles. The maximum atomic E-state index is 11.3. The molecule has 0 atom stereocenters. The van der Waals surface area contributed by atoms with Crippen LogP contribution in [0.1, 0.15) is 77.6 Å². The number of carbonyl (C=O) groups is 1. The van der Waals surface area contributed by atoms with E-state index in [9.17, 15) is 9.59 Å². The number of hydrogen-bond acceptors (Lipinski definition) is 2. The Morgan fingerprint density at radius 3 is 2.00 bits per heavy atom. The van der Waals surface area contributed by atoms with Gasteiger partial charge in [-0.3, -0.25) is 11.1 Å². The Labute approximate surface area is 140 Å². The second-order valence-corrected chi connectivity index (χ2v) is 4.82. The Balaban J connectivity index is 0. The number of nitrogens with one attached hydrogen (secondary N) is 1. The fourth-order valence-corrected chi connectivity index (χ4v) is 1.94. The van der Waals surface area contributed by atoms with Gasteiger partial charge in [0.25, 0.3) is 0 Å². The van der Waals surface area contributed by atoms with Crippen molar-refractivity contribution in [1.82, 2.24) is 5.32 Å². The van der Waals surface area contributed by atoms with Crippen molar-refractivity contribution in [3.05, 3.63) is 0 Å². The van der Waals surface area contributed by atoms with Crippen LogP contribution in [-0.2, 0) is 9.59 Å². The van der Waals surface area contributed by atoms with Gasteiger partial charge in [0, 0.05) is 6.42 Å². The summed E-state index contributed by atoms with van der Waals surface area (Å²) in [6.45, 7) is 2.66. The zero-order valence-corrected chi connectivity index (χ0v) is 14.8. The van der Waals surface area contributed by atoms with Crippen LogP contribution in [0.2, 0.25) is 0 Å². The molecule has 0 bridgehead atoms. The van der Waals surface area contributed by atoms with E-state index in [4.69, 9.17) is 0 Å². The van der Waals surface area contributed by atoms with Crippen molar-refractivity contribution in [3.8, 4) is 0 Å². The topological polar surface area (TPSA) is 46.2 Å². The summed E-state index contributed by atoms with van der Waals surface area (Å²) in [7, 11) is 0. The van der Waals surface area contributed by atoms with Crippen molar-refractivity contribution >= 4 is 12.2 Å². The van der Waals surface area contributed by atoms with Crippen molar-refractivity contribution in [2.45, 2.75) is 77.6 Å². The molecule has 0 fully saturated rings. The Hall–Kier alpha value is 0.140. The van der Waals surface area contributed by atoms with Crippen molar-refractivity contribution in [2.75, 3.05) is 6.54 Å². The SMILES string of the molecule is CCCCCCCCCCCC(=O)NCC[C-]=O.[Na+]. The van der Waals surface area contributed by atoms with Crippen molar-refractivity contribution in [3.63, 3.8) is 0 Å². The summed E-state index contributed by atoms with van der Waals surface area (Å²) in [6.07, 6.45) is 14.0. The number of unbranched alkanes of at least 4 members (excludes halogenated alkanes) is 8. The molecule has 1 N–H and O–H groups in total. The van der Waals surface area contributed by atoms with E-state index in [-0.39, 0.29) is 35.5 Å². The quantitative estimate of drug-likeness (QED) is 0.303. The molecule has 0 spiro atoms. The maximum absolute atomic E-state index is 11.3. The number of carbonyl (C=O) groups excluding carboxylic acids is 2. The molecule has 0 radical (unpaired) electrons. The van der Waals surface area contributed by atoms with Gasteiger partial charge in [-0.1, -0.05) is 58.3 Å². The van der Waals surface area contributed by atoms with Crippen LogP contribution in [0.3, 0.4) is 0 Å². The third kappa shape index (κ3) is 18.1. The van der Waals surface area contributed by atoms with Gasteiger partial charge in [0.2, 0.25) is 5.91 Å². The molecule has 19 heavy (non-hydrogen) atoms. The van der Waals surface area contributed by atoms with Gasteiger partial charge in [0.15, 0.2) is 0 Å². The summed E-state index contributed by atoms with van der Waals surface area (Å²) >= 11 is 0. The Morgan fingerprint density at radius 1 is 0.947 bits per heavy atom. The largest absolute Gasteiger partial charge is 1.00 e. The molecule has 0 rings (SSSR count). The van der Waals surface area contributed by atoms with Crippen molar-refractivity contribution in [1.29, 1.82) is 0 Å². The van der Waals surface area contributed by atoms with Crippen LogP contribution in [0.15, 0.2) is 0 Å². The molecule has 4 heteroatoms. The summed E-state index contributed by atoms with van der Waals surface area (Å²) in [5, 5.41) is 2.71. The van der Waals surface area contributed by atoms with E-state index in [1.165, 1.54) is 44.9 Å². The van der Waals surface area contributed by atoms with Crippen LogP contribution >= 0.6 is 0 Å². The van der Waals surface area contributed by atoms with E-state index >= 15 is 0 Å². The first-order valence-corrected chi connectivity index (χ1v) is 7.43. The molecule has 0 saturated carbocycles. The molecule has 0 aliphatic carbocycles. The zero-order chi connectivity index (χ0) is 13.5. The summed E-state index contributed by atoms with van der Waals surface area (Å²) in [5.74, 6) is 0.0631. The zero-order valence-electron chi connectivity index (χ0n) is 12.8. The van der Waals surface area contributed by atoms with Gasteiger partial charge in [0.05, 0.1) is 0 Å². The molecule has 0 aliphatic rings. The van der Waals surface area contributed by atoms with Gasteiger partial charge in [-0.15, -0.1) is 6.42 Å². The first kappa shape index (κ1) is 21.4. The van der Waals surface area contributed by atoms with Crippen LogP contribution in [0.25, 0.3) is 0 Å². The first-order valence-electron chi connectivity index (χ1n) is 7.43. The summed E-state index contributed by atoms with van der Waals surface area (Å²) in [6, 6.07) is 0. The fourth-order valence-electron chi connectivity index (χ4n) is 1.94. The number of amides is 1. The molecule has 106 valence electrons. The smallest absolute Gasteiger partial charge is 0.542 e. The molecule has 0 heterocycles. The average molecular weight is 277 g/mol. The maximum Gasteiger partial charge on any atom is 1.00 e. The van der Waals surface area contributed by atoms with Gasteiger partial charge >= 0.3 is 29.6 Å². The second kappa shape index (κ2) is 18.1. The standard InChI is InChI=1S/C15H28NO2.Na/c1-2-3-4-5-6-7-8-9-10-12-15(18)16-13-11-14-17;/h2-13H2,1H3,(H,16,18);/q-1;+1. The van der Waals surface area contributed by atoms with Gasteiger partial charge in [0.1, 0.15) is 0 Å². The summed E-state index contributed by atoms with van der Waals surface area (Å²) in [4.78, 5) is 21.2. The van der Waals surface area contributed by atoms with Crippen LogP contribution in [0.4, 0.5) is 0 Å². The minimum atomic E-state index is 0. The fraction of sp³-hybridized carbons (Fsp3) is 0.867. The number of hydrogen-bond donors (Lipinski definition) is 1. The molecule has 3 nitrogen and oxygen atoms in total. The minimum absolute atomic E-state index is 0. The van der Waals surface area contributed by atoms with Gasteiger partial charge in [-0.25, -0.2) is 0 Å². The minimum Gasteiger partial charge on any atom is -0.542 e. The molecule has 0 aromatic rings. The normalized spacial score (nSPS) is 9.74. The molecule has 1 amide bonds. The monoisotopic (exact) mass is 277 g/mol. The van der Waals surface area contributed by atoms with Crippen molar-refractivity contribution < 1.29 is 39.1 Å². The van der Waals surface area contributed by atoms with Crippen LogP contribution in [-0.4, -0.2) is 18.7 Å². The van der Waals surface area contributed by atoms with Gasteiger partial charge in [-0.2, -0.15) is 0 Å². The molecule has 0 aromatic carbocycles. The van der Waals surface area contributed by atoms with Gasteiger partial charge in [-0.05, 0) is 13.0 Å². The predicted octanol–water partition coefficient (Wildman–Crippen LogP) is 0.527. The Bertz CT molecular complexity index is 210. The third-order valence-corrected chi connectivity index (χ3v) is 3.06. The van der Waals surface area contributed by atoms with Gasteiger partial charge < -0.3 is 10.1 Å². The van der Waals surface area contributed by atoms with E-state index in [0.717, 1.165) is 12.8 Å². The molecule has 0 unspecified atom stereocenters. The third-order valence-electron chi connectivity index (χ3n) is 3.06. The molecule has 0 saturated heterocycles. The van der Waals surface area contributed by atoms with E-state index in [1.807, 2.05) is 0 Å². The van der Waals surface area contributed by atoms with Crippen LogP contribution in [0.5, 0.6) is 0 Å².